The van der Waals surface area contributed by atoms with Gasteiger partial charge in [-0.25, -0.2) is 9.97 Å². The Morgan fingerprint density at radius 2 is 1.88 bits per heavy atom. The summed E-state index contributed by atoms with van der Waals surface area (Å²) in [6.45, 7) is 0. The van der Waals surface area contributed by atoms with E-state index >= 15 is 0 Å². The maximum absolute atomic E-state index is 10.7. The van der Waals surface area contributed by atoms with Crippen LogP contribution in [-0.4, -0.2) is 28.2 Å². The molecule has 1 aromatic carbocycles. The van der Waals surface area contributed by atoms with E-state index in [0.29, 0.717) is 11.4 Å². The molecule has 0 aliphatic rings. The van der Waals surface area contributed by atoms with Crippen molar-refractivity contribution in [2.45, 2.75) is 5.75 Å². The lowest BCUT2D eigenvalue weighted by atomic mass is 10.1. The molecule has 1 unspecified atom stereocenters. The van der Waals surface area contributed by atoms with Gasteiger partial charge >= 0.3 is 0 Å². The van der Waals surface area contributed by atoms with Gasteiger partial charge in [0, 0.05) is 29.6 Å². The molecule has 0 aliphatic heterocycles. The summed E-state index contributed by atoms with van der Waals surface area (Å²) < 4.78 is 23.1. The fraction of sp³-hybridized carbons (Fsp3) is 0.0667. The van der Waals surface area contributed by atoms with Crippen molar-refractivity contribution in [1.82, 2.24) is 14.5 Å². The van der Waals surface area contributed by atoms with Crippen molar-refractivity contribution >= 4 is 16.8 Å². The van der Waals surface area contributed by atoms with Gasteiger partial charge in [0.15, 0.2) is 0 Å². The molecule has 122 valence electrons. The van der Waals surface area contributed by atoms with E-state index in [0.717, 1.165) is 11.3 Å². The first-order valence-electron chi connectivity index (χ1n) is 6.83. The monoisotopic (exact) mass is 343 g/mol. The summed E-state index contributed by atoms with van der Waals surface area (Å²) in [5.41, 5.74) is 2.07. The molecule has 0 amide bonds. The molecular weight excluding hydrogens is 332 g/mol. The number of hydrogen-bond acceptors (Lipinski definition) is 6. The summed E-state index contributed by atoms with van der Waals surface area (Å²) in [5, 5.41) is 10.7. The minimum absolute atomic E-state index is 0.0120. The molecule has 0 radical (unpaired) electrons. The molecule has 3 rings (SSSR count). The number of benzene rings is 1. The summed E-state index contributed by atoms with van der Waals surface area (Å²) in [6, 6.07) is 9.50. The number of nitro benzene ring substituents is 1. The van der Waals surface area contributed by atoms with E-state index in [1.165, 1.54) is 18.3 Å². The maximum Gasteiger partial charge on any atom is 0.269 e. The predicted molar refractivity (Wildman–Crippen MR) is 86.1 cm³/mol. The van der Waals surface area contributed by atoms with Crippen LogP contribution in [0, 0.1) is 10.1 Å². The molecule has 9 heteroatoms. The standard InChI is InChI=1S/C15H12N4O4S/c20-19(21)13-4-2-12(3-5-13)14-8-16-10-18(14)15-6-1-11(7-17-15)9-24(22)23/h1-8,10H,9H2,(H,22,23)/p-1. The van der Waals surface area contributed by atoms with Crippen molar-refractivity contribution in [3.05, 3.63) is 70.8 Å². The van der Waals surface area contributed by atoms with Gasteiger partial charge in [0.1, 0.15) is 12.1 Å². The van der Waals surface area contributed by atoms with Crippen LogP contribution in [0.3, 0.4) is 0 Å². The molecule has 0 fully saturated rings. The second-order valence-electron chi connectivity index (χ2n) is 4.93. The predicted octanol–water partition coefficient (Wildman–Crippen LogP) is 2.22. The van der Waals surface area contributed by atoms with E-state index in [2.05, 4.69) is 9.97 Å². The Balaban J connectivity index is 1.92. The number of nitrogens with zero attached hydrogens (tertiary/aromatic N) is 4. The van der Waals surface area contributed by atoms with Crippen molar-refractivity contribution in [1.29, 1.82) is 0 Å². The first kappa shape index (κ1) is 16.0. The molecule has 0 aliphatic carbocycles. The van der Waals surface area contributed by atoms with Crippen LogP contribution in [0.15, 0.2) is 55.1 Å². The van der Waals surface area contributed by atoms with Crippen LogP contribution in [-0.2, 0) is 16.8 Å². The zero-order valence-electron chi connectivity index (χ0n) is 12.2. The summed E-state index contributed by atoms with van der Waals surface area (Å²) in [5.74, 6) is 0.480. The quantitative estimate of drug-likeness (QED) is 0.398. The highest BCUT2D eigenvalue weighted by Gasteiger charge is 2.10. The molecule has 0 saturated heterocycles. The second kappa shape index (κ2) is 6.69. The van der Waals surface area contributed by atoms with Crippen LogP contribution in [0.2, 0.25) is 0 Å². The SMILES string of the molecule is O=[N+]([O-])c1ccc(-c2cncn2-c2ccc(CS(=O)[O-])cn2)cc1. The van der Waals surface area contributed by atoms with Gasteiger partial charge in [-0.05, 0) is 23.8 Å². The highest BCUT2D eigenvalue weighted by Crippen LogP contribution is 2.24. The zero-order valence-corrected chi connectivity index (χ0v) is 13.0. The van der Waals surface area contributed by atoms with E-state index in [9.17, 15) is 18.9 Å². The Kier molecular flexibility index (Phi) is 4.45. The Bertz CT molecular complexity index is 891. The van der Waals surface area contributed by atoms with E-state index in [4.69, 9.17) is 0 Å². The Morgan fingerprint density at radius 3 is 2.46 bits per heavy atom. The highest BCUT2D eigenvalue weighted by atomic mass is 32.2. The zero-order chi connectivity index (χ0) is 17.1. The van der Waals surface area contributed by atoms with Crippen LogP contribution in [0.25, 0.3) is 17.1 Å². The average Bonchev–Trinajstić information content (AvgIpc) is 3.04. The summed E-state index contributed by atoms with van der Waals surface area (Å²) in [7, 11) is 0. The van der Waals surface area contributed by atoms with Crippen LogP contribution >= 0.6 is 0 Å². The van der Waals surface area contributed by atoms with Gasteiger partial charge in [0.05, 0.1) is 16.8 Å². The molecule has 2 heterocycles. The number of aromatic nitrogens is 3. The fourth-order valence-electron chi connectivity index (χ4n) is 2.23. The minimum atomic E-state index is -2.16. The lowest BCUT2D eigenvalue weighted by Crippen LogP contribution is -2.00. The fourth-order valence-corrected chi connectivity index (χ4v) is 2.67. The lowest BCUT2D eigenvalue weighted by Gasteiger charge is -2.09. The molecule has 8 nitrogen and oxygen atoms in total. The van der Waals surface area contributed by atoms with Crippen LogP contribution < -0.4 is 0 Å². The lowest BCUT2D eigenvalue weighted by molar-refractivity contribution is -0.384. The number of hydrogen-bond donors (Lipinski definition) is 0. The summed E-state index contributed by atoms with van der Waals surface area (Å²) in [4.78, 5) is 18.6. The largest absolute Gasteiger partial charge is 0.772 e. The molecular formula is C15H11N4O4S-. The van der Waals surface area contributed by atoms with Crippen molar-refractivity contribution < 1.29 is 13.7 Å². The Morgan fingerprint density at radius 1 is 1.12 bits per heavy atom. The number of pyridine rings is 1. The summed E-state index contributed by atoms with van der Waals surface area (Å²) >= 11 is -2.16. The third-order valence-corrected chi connectivity index (χ3v) is 3.92. The number of imidazole rings is 1. The van der Waals surface area contributed by atoms with Crippen molar-refractivity contribution in [3.8, 4) is 17.1 Å². The van der Waals surface area contributed by atoms with Gasteiger partial charge in [-0.3, -0.25) is 18.9 Å². The van der Waals surface area contributed by atoms with Gasteiger partial charge in [-0.15, -0.1) is 0 Å². The van der Waals surface area contributed by atoms with Gasteiger partial charge in [0.2, 0.25) is 0 Å². The molecule has 3 aromatic rings. The van der Waals surface area contributed by atoms with Gasteiger partial charge in [-0.1, -0.05) is 17.1 Å². The van der Waals surface area contributed by atoms with Gasteiger partial charge in [-0.2, -0.15) is 0 Å². The smallest absolute Gasteiger partial charge is 0.269 e. The molecule has 0 spiro atoms. The Labute approximate surface area is 139 Å². The molecule has 24 heavy (non-hydrogen) atoms. The van der Waals surface area contributed by atoms with E-state index in [1.807, 2.05) is 0 Å². The average molecular weight is 343 g/mol. The van der Waals surface area contributed by atoms with E-state index < -0.39 is 16.0 Å². The first-order chi connectivity index (χ1) is 11.5. The van der Waals surface area contributed by atoms with Gasteiger partial charge in [0.25, 0.3) is 5.69 Å². The molecule has 2 aromatic heterocycles. The van der Waals surface area contributed by atoms with Crippen molar-refractivity contribution in [2.75, 3.05) is 0 Å². The van der Waals surface area contributed by atoms with Crippen LogP contribution in [0.5, 0.6) is 0 Å². The third kappa shape index (κ3) is 3.36. The minimum Gasteiger partial charge on any atom is -0.772 e. The van der Waals surface area contributed by atoms with E-state index in [1.54, 1.807) is 41.4 Å². The summed E-state index contributed by atoms with van der Waals surface area (Å²) in [6.07, 6.45) is 4.69. The second-order valence-corrected chi connectivity index (χ2v) is 5.82. The molecule has 0 bridgehead atoms. The first-order valence-corrected chi connectivity index (χ1v) is 8.07. The molecule has 1 atom stereocenters. The van der Waals surface area contributed by atoms with Gasteiger partial charge < -0.3 is 4.55 Å². The topological polar surface area (TPSA) is 114 Å². The normalized spacial score (nSPS) is 12.0. The van der Waals surface area contributed by atoms with E-state index in [-0.39, 0.29) is 11.4 Å². The Hall–Kier alpha value is -2.91. The molecule has 0 N–H and O–H groups in total. The third-order valence-electron chi connectivity index (χ3n) is 3.35. The number of rotatable bonds is 5. The van der Waals surface area contributed by atoms with Crippen molar-refractivity contribution in [2.24, 2.45) is 0 Å². The number of nitro groups is 1. The maximum atomic E-state index is 10.7. The van der Waals surface area contributed by atoms with Crippen LogP contribution in [0.1, 0.15) is 5.56 Å². The highest BCUT2D eigenvalue weighted by molar-refractivity contribution is 7.78. The molecule has 0 saturated carbocycles. The van der Waals surface area contributed by atoms with Crippen LogP contribution in [0.4, 0.5) is 5.69 Å². The number of non-ortho nitro benzene ring substituents is 1. The van der Waals surface area contributed by atoms with Crippen molar-refractivity contribution in [3.63, 3.8) is 0 Å².